The number of pyridine rings is 1. The van der Waals surface area contributed by atoms with Gasteiger partial charge in [-0.05, 0) is 12.1 Å². The van der Waals surface area contributed by atoms with Crippen molar-refractivity contribution in [2.75, 3.05) is 11.1 Å². The summed E-state index contributed by atoms with van der Waals surface area (Å²) in [4.78, 5) is 15.6. The maximum Gasteiger partial charge on any atom is 2.00 e. The van der Waals surface area contributed by atoms with Gasteiger partial charge in [-0.25, -0.2) is 9.37 Å². The van der Waals surface area contributed by atoms with Crippen LogP contribution >= 0.6 is 12.4 Å². The van der Waals surface area contributed by atoms with Gasteiger partial charge in [0.1, 0.15) is 5.69 Å². The summed E-state index contributed by atoms with van der Waals surface area (Å²) in [7, 11) is 0. The van der Waals surface area contributed by atoms with Crippen LogP contribution in [0.25, 0.3) is 0 Å². The number of amides is 1. The van der Waals surface area contributed by atoms with Gasteiger partial charge in [-0.3, -0.25) is 4.79 Å². The molecular weight excluding hydrogens is 371 g/mol. The smallest absolute Gasteiger partial charge is 0.813 e. The van der Waals surface area contributed by atoms with Crippen LogP contribution in [0, 0.1) is 11.9 Å². The monoisotopic (exact) mass is 382 g/mol. The van der Waals surface area contributed by atoms with Gasteiger partial charge in [-0.15, -0.1) is 22.1 Å². The van der Waals surface area contributed by atoms with E-state index in [0.29, 0.717) is 5.69 Å². The molecule has 2 aromatic rings. The molecule has 10 heteroatoms. The first-order valence-corrected chi connectivity index (χ1v) is 5.87. The largest absolute Gasteiger partial charge is 2.00 e. The van der Waals surface area contributed by atoms with Crippen molar-refractivity contribution in [3.05, 3.63) is 54.1 Å². The number of benzene rings is 1. The summed E-state index contributed by atoms with van der Waals surface area (Å²) in [5, 5.41) is 2.55. The number of carbonyl (C=O) groups is 1. The van der Waals surface area contributed by atoms with Gasteiger partial charge in [0.05, 0.1) is 5.69 Å². The molecule has 1 amide bonds. The predicted molar refractivity (Wildman–Crippen MR) is 81.9 cm³/mol. The summed E-state index contributed by atoms with van der Waals surface area (Å²) in [6.45, 7) is 0. The molecule has 1 aromatic heterocycles. The van der Waals surface area contributed by atoms with Crippen LogP contribution < -0.4 is 11.1 Å². The van der Waals surface area contributed by atoms with E-state index >= 15 is 0 Å². The van der Waals surface area contributed by atoms with E-state index in [0.717, 1.165) is 0 Å². The Morgan fingerprint density at radius 3 is 2.55 bits per heavy atom. The van der Waals surface area contributed by atoms with Gasteiger partial charge >= 0.3 is 18.6 Å². The predicted octanol–water partition coefficient (Wildman–Crippen LogP) is 2.66. The Hall–Kier alpha value is -1.26. The van der Waals surface area contributed by atoms with Crippen LogP contribution in [0.1, 0.15) is 10.5 Å². The fourth-order valence-electron chi connectivity index (χ4n) is 1.28. The van der Waals surface area contributed by atoms with Crippen molar-refractivity contribution < 1.29 is 36.2 Å². The van der Waals surface area contributed by atoms with Gasteiger partial charge in [-0.2, -0.15) is 6.07 Å². The van der Waals surface area contributed by atoms with Crippen LogP contribution in [0.2, 0.25) is 0 Å². The van der Waals surface area contributed by atoms with E-state index < -0.39 is 24.2 Å². The fourth-order valence-corrected chi connectivity index (χ4v) is 1.28. The molecule has 0 bridgehead atoms. The summed E-state index contributed by atoms with van der Waals surface area (Å²) in [6, 6.07) is 9.54. The molecule has 0 saturated heterocycles. The number of hydrogen-bond donors (Lipinski definition) is 3. The van der Waals surface area contributed by atoms with E-state index in [4.69, 9.17) is 10.3 Å². The molecule has 1 heterocycles. The molecule has 0 saturated carbocycles. The summed E-state index contributed by atoms with van der Waals surface area (Å²) in [5.41, 5.74) is 6.46. The van der Waals surface area contributed by atoms with Gasteiger partial charge in [0.15, 0.2) is 0 Å². The first-order chi connectivity index (χ1) is 9.58. The first-order valence-electron chi connectivity index (χ1n) is 5.19. The summed E-state index contributed by atoms with van der Waals surface area (Å²) in [5.74, 6) is -0.927. The molecule has 1 aromatic carbocycles. The third kappa shape index (κ3) is 7.67. The van der Waals surface area contributed by atoms with Crippen molar-refractivity contribution in [1.29, 1.82) is 0 Å². The number of nitrogens with zero attached hydrogens (tertiary/aromatic N) is 1. The quantitative estimate of drug-likeness (QED) is 0.320. The molecule has 0 aliphatic carbocycles. The van der Waals surface area contributed by atoms with Crippen molar-refractivity contribution in [1.82, 2.24) is 4.98 Å². The molecule has 0 spiro atoms. The van der Waals surface area contributed by atoms with Gasteiger partial charge in [0.25, 0.3) is 5.91 Å². The second-order valence-corrected chi connectivity index (χ2v) is 3.53. The van der Waals surface area contributed by atoms with Crippen molar-refractivity contribution in [3.8, 4) is 0 Å². The molecule has 2 rings (SSSR count). The van der Waals surface area contributed by atoms with Crippen LogP contribution in [0.5, 0.6) is 0 Å². The molecule has 0 atom stereocenters. The zero-order valence-electron chi connectivity index (χ0n) is 10.9. The average Bonchev–Trinajstić information content (AvgIpc) is 2.43. The van der Waals surface area contributed by atoms with Crippen molar-refractivity contribution in [3.63, 3.8) is 0 Å². The fraction of sp³-hybridized carbons (Fsp3) is 0. The summed E-state index contributed by atoms with van der Waals surface area (Å²) in [6.07, 6.45) is 1.47. The van der Waals surface area contributed by atoms with Crippen LogP contribution in [-0.2, 0) is 32.1 Å². The Morgan fingerprint density at radius 2 is 2.05 bits per heavy atom. The number of carbonyl (C=O) groups excluding carboxylic acids is 1. The van der Waals surface area contributed by atoms with Crippen molar-refractivity contribution in [2.45, 2.75) is 0 Å². The topological polar surface area (TPSA) is 88.2 Å². The third-order valence-corrected chi connectivity index (χ3v) is 2.09. The summed E-state index contributed by atoms with van der Waals surface area (Å²) >= 11 is -0.750. The number of nitrogens with two attached hydrogens (primary N) is 1. The molecule has 4 N–H and O–H groups in total. The number of aromatic nitrogens is 1. The van der Waals surface area contributed by atoms with Gasteiger partial charge in [0.2, 0.25) is 12.4 Å². The van der Waals surface area contributed by atoms with Crippen molar-refractivity contribution in [2.24, 2.45) is 0 Å². The third-order valence-electron chi connectivity index (χ3n) is 2.09. The molecule has 117 valence electrons. The molecule has 5 nitrogen and oxygen atoms in total. The number of nitrogen functional groups attached to an aromatic ring is 1. The molecule has 0 fully saturated rings. The number of hydrogen-bond acceptors (Lipinski definition) is 6. The number of anilines is 2. The van der Waals surface area contributed by atoms with Crippen LogP contribution in [-0.4, -0.2) is 15.4 Å². The second kappa shape index (κ2) is 12.3. The van der Waals surface area contributed by atoms with Crippen LogP contribution in [0.3, 0.4) is 0 Å². The minimum absolute atomic E-state index is 0. The minimum atomic E-state index is -0.750. The maximum absolute atomic E-state index is 12.6. The Morgan fingerprint density at radius 1 is 1.41 bits per heavy atom. The number of halogens is 2. The average molecular weight is 382 g/mol. The SMILES string of the molecule is Nc1cccnc1C(=O)Nc1c[c-]c(F)cc1.OSF.[SH-].[V+2]. The molecular formula is C12H11F2N3O2S2V. The van der Waals surface area contributed by atoms with Crippen LogP contribution in [0.15, 0.2) is 36.5 Å². The van der Waals surface area contributed by atoms with E-state index in [-0.39, 0.29) is 43.4 Å². The van der Waals surface area contributed by atoms with Crippen LogP contribution in [0.4, 0.5) is 19.7 Å². The van der Waals surface area contributed by atoms with E-state index in [1.54, 1.807) is 12.1 Å². The van der Waals surface area contributed by atoms with Gasteiger partial charge in [0, 0.05) is 12.0 Å². The number of rotatable bonds is 2. The zero-order valence-corrected chi connectivity index (χ0v) is 14.0. The van der Waals surface area contributed by atoms with Crippen molar-refractivity contribution >= 4 is 43.2 Å². The number of thiol groups is 1. The second-order valence-electron chi connectivity index (χ2n) is 3.39. The standard InChI is InChI=1S/C12H9FN3O.FHOS.H2S.V/c13-8-3-5-9(6-4-8)16-12(17)11-10(14)2-1-7-15-11;1-3-2;;/h1-3,5-7H,14H2,(H,16,17);2H;1H2;/q-1;;;+2/p-1. The Balaban J connectivity index is 0. The Labute approximate surface area is 149 Å². The minimum Gasteiger partial charge on any atom is -0.813 e. The molecule has 0 aliphatic heterocycles. The van der Waals surface area contributed by atoms with E-state index in [9.17, 15) is 13.1 Å². The Kier molecular flexibility index (Phi) is 12.9. The van der Waals surface area contributed by atoms with Gasteiger partial charge < -0.3 is 29.1 Å². The van der Waals surface area contributed by atoms with E-state index in [1.807, 2.05) is 0 Å². The normalized spacial score (nSPS) is 8.50. The van der Waals surface area contributed by atoms with E-state index in [2.05, 4.69) is 16.4 Å². The maximum atomic E-state index is 12.6. The first kappa shape index (κ1) is 23.0. The number of nitrogens with one attached hydrogen (secondary N) is 1. The molecule has 0 unspecified atom stereocenters. The van der Waals surface area contributed by atoms with E-state index in [1.165, 1.54) is 24.4 Å². The Bertz CT molecular complexity index is 577. The molecule has 0 aliphatic rings. The molecule has 1 radical (unpaired) electrons. The zero-order chi connectivity index (χ0) is 15.0. The molecule has 22 heavy (non-hydrogen) atoms. The summed E-state index contributed by atoms with van der Waals surface area (Å²) < 4.78 is 29.2. The van der Waals surface area contributed by atoms with Gasteiger partial charge in [-0.1, -0.05) is 5.69 Å².